The number of nitrogens with one attached hydrogen (secondary N) is 1. The van der Waals surface area contributed by atoms with E-state index in [4.69, 9.17) is 9.47 Å². The van der Waals surface area contributed by atoms with Crippen molar-refractivity contribution in [3.63, 3.8) is 0 Å². The number of hydrogen-bond acceptors (Lipinski definition) is 3. The average molecular weight is 249 g/mol. The van der Waals surface area contributed by atoms with E-state index in [9.17, 15) is 0 Å². The Balaban J connectivity index is 1.76. The second-order valence-electron chi connectivity index (χ2n) is 5.12. The molecule has 2 rings (SSSR count). The smallest absolute Gasteiger partial charge is 0.0700 e. The average Bonchev–Trinajstić information content (AvgIpc) is 2.36. The molecule has 3 heteroatoms. The van der Waals surface area contributed by atoms with Crippen LogP contribution in [0, 0.1) is 5.41 Å². The van der Waals surface area contributed by atoms with Gasteiger partial charge in [0.25, 0.3) is 0 Å². The maximum absolute atomic E-state index is 5.59. The summed E-state index contributed by atoms with van der Waals surface area (Å²) in [4.78, 5) is 0. The van der Waals surface area contributed by atoms with Crippen LogP contribution in [-0.4, -0.2) is 40.0 Å². The van der Waals surface area contributed by atoms with Crippen LogP contribution in [-0.2, 0) is 15.9 Å². The van der Waals surface area contributed by atoms with Gasteiger partial charge in [-0.3, -0.25) is 0 Å². The van der Waals surface area contributed by atoms with E-state index in [0.29, 0.717) is 18.6 Å². The molecule has 0 aromatic heterocycles. The lowest BCUT2D eigenvalue weighted by Gasteiger charge is -2.43. The molecule has 1 aromatic rings. The molecule has 1 aliphatic heterocycles. The van der Waals surface area contributed by atoms with Crippen LogP contribution in [0.3, 0.4) is 0 Å². The summed E-state index contributed by atoms with van der Waals surface area (Å²) in [5, 5.41) is 3.39. The molecule has 0 spiro atoms. The molecule has 1 N–H and O–H groups in total. The zero-order chi connectivity index (χ0) is 12.7. The van der Waals surface area contributed by atoms with Gasteiger partial charge in [-0.25, -0.2) is 0 Å². The molecule has 3 nitrogen and oxygen atoms in total. The molecule has 1 aromatic carbocycles. The van der Waals surface area contributed by atoms with Crippen LogP contribution in [0.5, 0.6) is 0 Å². The Labute approximate surface area is 109 Å². The Morgan fingerprint density at radius 2 is 1.89 bits per heavy atom. The number of hydrogen-bond donors (Lipinski definition) is 1. The fraction of sp³-hybridized carbons (Fsp3) is 0.600. The molecule has 0 unspecified atom stereocenters. The SMILES string of the molecule is COCCOCCC1(Cc2ccccc2)CNC1. The van der Waals surface area contributed by atoms with Gasteiger partial charge in [0.1, 0.15) is 0 Å². The van der Waals surface area contributed by atoms with Gasteiger partial charge in [0.05, 0.1) is 13.2 Å². The predicted octanol–water partition coefficient (Wildman–Crippen LogP) is 1.87. The first-order valence-corrected chi connectivity index (χ1v) is 6.66. The van der Waals surface area contributed by atoms with Gasteiger partial charge in [-0.2, -0.15) is 0 Å². The van der Waals surface area contributed by atoms with Gasteiger partial charge in [0, 0.05) is 32.2 Å². The van der Waals surface area contributed by atoms with Crippen molar-refractivity contribution >= 4 is 0 Å². The fourth-order valence-corrected chi connectivity index (χ4v) is 2.43. The zero-order valence-corrected chi connectivity index (χ0v) is 11.2. The summed E-state index contributed by atoms with van der Waals surface area (Å²) in [5.74, 6) is 0. The third-order valence-corrected chi connectivity index (χ3v) is 3.63. The van der Waals surface area contributed by atoms with Crippen molar-refractivity contribution < 1.29 is 9.47 Å². The van der Waals surface area contributed by atoms with Crippen LogP contribution >= 0.6 is 0 Å². The van der Waals surface area contributed by atoms with Crippen molar-refractivity contribution in [2.75, 3.05) is 40.0 Å². The second kappa shape index (κ2) is 6.88. The van der Waals surface area contributed by atoms with Crippen LogP contribution < -0.4 is 5.32 Å². The van der Waals surface area contributed by atoms with E-state index in [2.05, 4.69) is 35.6 Å². The van der Waals surface area contributed by atoms with Crippen molar-refractivity contribution in [2.24, 2.45) is 5.41 Å². The van der Waals surface area contributed by atoms with Crippen LogP contribution in [0.15, 0.2) is 30.3 Å². The monoisotopic (exact) mass is 249 g/mol. The Morgan fingerprint density at radius 3 is 2.50 bits per heavy atom. The molecule has 0 aliphatic carbocycles. The summed E-state index contributed by atoms with van der Waals surface area (Å²) < 4.78 is 10.6. The number of methoxy groups -OCH3 is 1. The van der Waals surface area contributed by atoms with Gasteiger partial charge in [-0.1, -0.05) is 30.3 Å². The highest BCUT2D eigenvalue weighted by atomic mass is 16.5. The largest absolute Gasteiger partial charge is 0.382 e. The van der Waals surface area contributed by atoms with Crippen molar-refractivity contribution in [3.05, 3.63) is 35.9 Å². The molecule has 1 saturated heterocycles. The van der Waals surface area contributed by atoms with Crippen molar-refractivity contribution in [1.29, 1.82) is 0 Å². The maximum atomic E-state index is 5.59. The standard InChI is InChI=1S/C15H23NO2/c1-17-9-10-18-8-7-15(12-16-13-15)11-14-5-3-2-4-6-14/h2-6,16H,7-13H2,1H3. The summed E-state index contributed by atoms with van der Waals surface area (Å²) in [6.07, 6.45) is 2.27. The highest BCUT2D eigenvalue weighted by Crippen LogP contribution is 2.31. The Hall–Kier alpha value is -0.900. The lowest BCUT2D eigenvalue weighted by molar-refractivity contribution is 0.0371. The molecule has 0 bridgehead atoms. The van der Waals surface area contributed by atoms with Gasteiger partial charge >= 0.3 is 0 Å². The minimum Gasteiger partial charge on any atom is -0.382 e. The quantitative estimate of drug-likeness (QED) is 0.714. The summed E-state index contributed by atoms with van der Waals surface area (Å²) in [5.41, 5.74) is 1.82. The molecule has 0 amide bonds. The second-order valence-corrected chi connectivity index (χ2v) is 5.12. The highest BCUT2D eigenvalue weighted by molar-refractivity contribution is 5.18. The maximum Gasteiger partial charge on any atom is 0.0700 e. The van der Waals surface area contributed by atoms with Crippen LogP contribution in [0.25, 0.3) is 0 Å². The van der Waals surface area contributed by atoms with Crippen molar-refractivity contribution in [2.45, 2.75) is 12.8 Å². The highest BCUT2D eigenvalue weighted by Gasteiger charge is 2.36. The van der Waals surface area contributed by atoms with Gasteiger partial charge in [0.2, 0.25) is 0 Å². The van der Waals surface area contributed by atoms with Crippen LogP contribution in [0.2, 0.25) is 0 Å². The fourth-order valence-electron chi connectivity index (χ4n) is 2.43. The lowest BCUT2D eigenvalue weighted by Crippen LogP contribution is -2.55. The third kappa shape index (κ3) is 3.80. The van der Waals surface area contributed by atoms with E-state index in [1.807, 2.05) is 0 Å². The van der Waals surface area contributed by atoms with Crippen LogP contribution in [0.4, 0.5) is 0 Å². The molecule has 1 aliphatic rings. The molecule has 1 heterocycles. The Morgan fingerprint density at radius 1 is 1.11 bits per heavy atom. The minimum atomic E-state index is 0.397. The van der Waals surface area contributed by atoms with E-state index in [0.717, 1.165) is 32.5 Å². The summed E-state index contributed by atoms with van der Waals surface area (Å²) >= 11 is 0. The van der Waals surface area contributed by atoms with Crippen molar-refractivity contribution in [3.8, 4) is 0 Å². The first-order valence-electron chi connectivity index (χ1n) is 6.66. The summed E-state index contributed by atoms with van der Waals surface area (Å²) in [7, 11) is 1.70. The van der Waals surface area contributed by atoms with Crippen LogP contribution in [0.1, 0.15) is 12.0 Å². The summed E-state index contributed by atoms with van der Waals surface area (Å²) in [6.45, 7) is 4.43. The predicted molar refractivity (Wildman–Crippen MR) is 72.8 cm³/mol. The first-order chi connectivity index (χ1) is 8.85. The Bertz CT molecular complexity index is 336. The molecule has 0 saturated carbocycles. The van der Waals surface area contributed by atoms with Crippen molar-refractivity contribution in [1.82, 2.24) is 5.32 Å². The molecular weight excluding hydrogens is 226 g/mol. The Kier molecular flexibility index (Phi) is 5.17. The third-order valence-electron chi connectivity index (χ3n) is 3.63. The van der Waals surface area contributed by atoms with E-state index < -0.39 is 0 Å². The molecular formula is C15H23NO2. The van der Waals surface area contributed by atoms with Gasteiger partial charge < -0.3 is 14.8 Å². The summed E-state index contributed by atoms with van der Waals surface area (Å²) in [6, 6.07) is 10.7. The molecule has 0 atom stereocenters. The topological polar surface area (TPSA) is 30.5 Å². The number of benzene rings is 1. The minimum absolute atomic E-state index is 0.397. The van der Waals surface area contributed by atoms with Gasteiger partial charge in [-0.05, 0) is 18.4 Å². The normalized spacial score (nSPS) is 17.4. The molecule has 18 heavy (non-hydrogen) atoms. The zero-order valence-electron chi connectivity index (χ0n) is 11.2. The van der Waals surface area contributed by atoms with E-state index in [1.165, 1.54) is 5.56 Å². The van der Waals surface area contributed by atoms with E-state index in [1.54, 1.807) is 7.11 Å². The van der Waals surface area contributed by atoms with E-state index in [-0.39, 0.29) is 0 Å². The molecule has 1 fully saturated rings. The number of rotatable bonds is 8. The van der Waals surface area contributed by atoms with Gasteiger partial charge in [0.15, 0.2) is 0 Å². The molecule has 0 radical (unpaired) electrons. The van der Waals surface area contributed by atoms with E-state index >= 15 is 0 Å². The van der Waals surface area contributed by atoms with Gasteiger partial charge in [-0.15, -0.1) is 0 Å². The molecule has 100 valence electrons. The lowest BCUT2D eigenvalue weighted by atomic mass is 9.74. The number of ether oxygens (including phenoxy) is 2. The first kappa shape index (κ1) is 13.5.